The third-order valence-electron chi connectivity index (χ3n) is 3.14. The predicted molar refractivity (Wildman–Crippen MR) is 78.8 cm³/mol. The molecule has 2 aromatic rings. The summed E-state index contributed by atoms with van der Waals surface area (Å²) in [6.07, 6.45) is 5.02. The Morgan fingerprint density at radius 2 is 2.45 bits per heavy atom. The number of aromatic nitrogens is 2. The molecule has 2 aromatic heterocycles. The maximum atomic E-state index is 10.8. The molecule has 0 bridgehead atoms. The van der Waals surface area contributed by atoms with E-state index in [9.17, 15) is 4.79 Å². The first-order valence-electron chi connectivity index (χ1n) is 5.96. The first-order valence-corrected chi connectivity index (χ1v) is 6.78. The van der Waals surface area contributed by atoms with Gasteiger partial charge in [-0.05, 0) is 24.8 Å². The molecule has 6 nitrogen and oxygen atoms in total. The molecule has 100 valence electrons. The fourth-order valence-electron chi connectivity index (χ4n) is 2.23. The summed E-state index contributed by atoms with van der Waals surface area (Å²) in [7, 11) is 0. The van der Waals surface area contributed by atoms with Gasteiger partial charge in [-0.3, -0.25) is 20.2 Å². The Labute approximate surface area is 119 Å². The second-order valence-electron chi connectivity index (χ2n) is 4.24. The molecule has 0 radical (unpaired) electrons. The topological polar surface area (TPSA) is 82.3 Å². The summed E-state index contributed by atoms with van der Waals surface area (Å²) in [5, 5.41) is 9.14. The smallest absolute Gasteiger partial charge is 0.178 e. The van der Waals surface area contributed by atoms with E-state index in [2.05, 4.69) is 21.7 Å². The van der Waals surface area contributed by atoms with E-state index in [0.717, 1.165) is 29.0 Å². The molecule has 1 N–H and O–H groups in total. The Kier molecular flexibility index (Phi) is 3.11. The highest BCUT2D eigenvalue weighted by Gasteiger charge is 2.26. The van der Waals surface area contributed by atoms with Crippen molar-refractivity contribution in [3.8, 4) is 0 Å². The summed E-state index contributed by atoms with van der Waals surface area (Å²) in [6, 6.07) is 1.88. The van der Waals surface area contributed by atoms with Crippen molar-refractivity contribution < 1.29 is 4.79 Å². The Morgan fingerprint density at radius 1 is 1.60 bits per heavy atom. The summed E-state index contributed by atoms with van der Waals surface area (Å²) < 4.78 is 0. The zero-order valence-corrected chi connectivity index (χ0v) is 11.4. The summed E-state index contributed by atoms with van der Waals surface area (Å²) >= 11 is 1.14. The second-order valence-corrected chi connectivity index (χ2v) is 5.25. The molecule has 3 heterocycles. The van der Waals surface area contributed by atoms with Crippen LogP contribution < -0.4 is 4.90 Å². The van der Waals surface area contributed by atoms with Crippen LogP contribution in [-0.2, 0) is 6.42 Å². The van der Waals surface area contributed by atoms with Gasteiger partial charge in [0.1, 0.15) is 10.7 Å². The second kappa shape index (κ2) is 4.93. The van der Waals surface area contributed by atoms with E-state index in [0.29, 0.717) is 28.5 Å². The largest absolute Gasteiger partial charge is 0.324 e. The summed E-state index contributed by atoms with van der Waals surface area (Å²) in [5.41, 5.74) is 2.47. The predicted octanol–water partition coefficient (Wildman–Crippen LogP) is 2.07. The minimum absolute atomic E-state index is 0.238. The summed E-state index contributed by atoms with van der Waals surface area (Å²) in [6.45, 7) is 4.17. The molecule has 0 unspecified atom stereocenters. The zero-order chi connectivity index (χ0) is 14.1. The molecule has 0 aliphatic carbocycles. The minimum Gasteiger partial charge on any atom is -0.324 e. The molecule has 0 atom stereocenters. The number of nitrogens with one attached hydrogen (secondary N) is 1. The number of rotatable bonds is 3. The van der Waals surface area contributed by atoms with Crippen LogP contribution in [0.4, 0.5) is 10.7 Å². The number of amidine groups is 1. The van der Waals surface area contributed by atoms with Crippen molar-refractivity contribution in [2.75, 3.05) is 11.4 Å². The van der Waals surface area contributed by atoms with Crippen molar-refractivity contribution >= 4 is 40.9 Å². The van der Waals surface area contributed by atoms with Gasteiger partial charge in [-0.15, -0.1) is 0 Å². The third-order valence-corrected chi connectivity index (χ3v) is 4.05. The summed E-state index contributed by atoms with van der Waals surface area (Å²) in [5.74, 6) is 0.238. The van der Waals surface area contributed by atoms with Crippen LogP contribution in [0.5, 0.6) is 0 Å². The lowest BCUT2D eigenvalue weighted by atomic mass is 10.2. The molecule has 1 aliphatic heterocycles. The highest BCUT2D eigenvalue weighted by molar-refractivity contribution is 7.17. The Morgan fingerprint density at radius 3 is 3.20 bits per heavy atom. The monoisotopic (exact) mass is 285 g/mol. The van der Waals surface area contributed by atoms with E-state index < -0.39 is 0 Å². The van der Waals surface area contributed by atoms with Gasteiger partial charge in [0.05, 0.1) is 0 Å². The fraction of sp³-hybridized carbons (Fsp3) is 0.154. The van der Waals surface area contributed by atoms with Crippen LogP contribution >= 0.6 is 11.3 Å². The third kappa shape index (κ3) is 1.92. The van der Waals surface area contributed by atoms with Gasteiger partial charge in [0.25, 0.3) is 0 Å². The van der Waals surface area contributed by atoms with Crippen molar-refractivity contribution in [3.05, 3.63) is 34.7 Å². The SMILES string of the molecule is C=Nc1sc(C=O)nc1C(=N)N1CCc2cnccc21. The van der Waals surface area contributed by atoms with Crippen LogP contribution in [-0.4, -0.2) is 35.4 Å². The minimum atomic E-state index is 0.238. The van der Waals surface area contributed by atoms with Crippen LogP contribution in [0.3, 0.4) is 0 Å². The van der Waals surface area contributed by atoms with Crippen LogP contribution in [0.2, 0.25) is 0 Å². The lowest BCUT2D eigenvalue weighted by Gasteiger charge is -2.18. The molecule has 0 spiro atoms. The number of aliphatic imine (C=N–C) groups is 1. The molecule has 20 heavy (non-hydrogen) atoms. The number of carbonyl (C=O) groups excluding carboxylic acids is 1. The Balaban J connectivity index is 2.00. The Bertz CT molecular complexity index is 709. The molecule has 0 saturated heterocycles. The van der Waals surface area contributed by atoms with Crippen molar-refractivity contribution in [2.45, 2.75) is 6.42 Å². The number of thiazole rings is 1. The molecule has 0 fully saturated rings. The van der Waals surface area contributed by atoms with Crippen LogP contribution in [0, 0.1) is 5.41 Å². The quantitative estimate of drug-likeness (QED) is 0.531. The normalized spacial score (nSPS) is 13.1. The standard InChI is InChI=1S/C13H11N5OS/c1-15-13-11(17-10(7-19)20-13)12(14)18-5-3-8-6-16-4-2-9(8)18/h2,4,6-7,14H,1,3,5H2. The van der Waals surface area contributed by atoms with Gasteiger partial charge in [-0.25, -0.2) is 4.98 Å². The van der Waals surface area contributed by atoms with Crippen LogP contribution in [0.15, 0.2) is 23.5 Å². The first kappa shape index (κ1) is 12.6. The van der Waals surface area contributed by atoms with Crippen molar-refractivity contribution in [2.24, 2.45) is 4.99 Å². The van der Waals surface area contributed by atoms with Gasteiger partial charge in [-0.1, -0.05) is 11.3 Å². The maximum Gasteiger partial charge on any atom is 0.178 e. The lowest BCUT2D eigenvalue weighted by Crippen LogP contribution is -2.29. The zero-order valence-electron chi connectivity index (χ0n) is 10.5. The molecule has 0 amide bonds. The number of hydrogen-bond acceptors (Lipinski definition) is 6. The average molecular weight is 285 g/mol. The maximum absolute atomic E-state index is 10.8. The number of fused-ring (bicyclic) bond motifs is 1. The van der Waals surface area contributed by atoms with E-state index in [-0.39, 0.29) is 5.84 Å². The highest BCUT2D eigenvalue weighted by atomic mass is 32.1. The van der Waals surface area contributed by atoms with E-state index in [1.807, 2.05) is 17.2 Å². The Hall–Kier alpha value is -2.41. The van der Waals surface area contributed by atoms with Gasteiger partial charge >= 0.3 is 0 Å². The van der Waals surface area contributed by atoms with E-state index >= 15 is 0 Å². The number of pyridine rings is 1. The number of nitrogens with zero attached hydrogens (tertiary/aromatic N) is 4. The summed E-state index contributed by atoms with van der Waals surface area (Å²) in [4.78, 5) is 24.8. The molecule has 0 aromatic carbocycles. The number of carbonyl (C=O) groups is 1. The van der Waals surface area contributed by atoms with Crippen molar-refractivity contribution in [1.82, 2.24) is 9.97 Å². The first-order chi connectivity index (χ1) is 9.74. The van der Waals surface area contributed by atoms with Gasteiger partial charge in [-0.2, -0.15) is 0 Å². The lowest BCUT2D eigenvalue weighted by molar-refractivity contribution is 0.112. The van der Waals surface area contributed by atoms with E-state index in [1.165, 1.54) is 0 Å². The molecule has 7 heteroatoms. The van der Waals surface area contributed by atoms with Gasteiger partial charge in [0.2, 0.25) is 0 Å². The van der Waals surface area contributed by atoms with E-state index in [4.69, 9.17) is 5.41 Å². The molecular formula is C13H11N5OS. The molecular weight excluding hydrogens is 274 g/mol. The average Bonchev–Trinajstić information content (AvgIpc) is 3.10. The number of hydrogen-bond donors (Lipinski definition) is 1. The highest BCUT2D eigenvalue weighted by Crippen LogP contribution is 2.32. The molecule has 1 aliphatic rings. The van der Waals surface area contributed by atoms with Crippen LogP contribution in [0.1, 0.15) is 21.1 Å². The van der Waals surface area contributed by atoms with Crippen LogP contribution in [0.25, 0.3) is 0 Å². The molecule has 0 saturated carbocycles. The van der Waals surface area contributed by atoms with Gasteiger partial charge < -0.3 is 4.90 Å². The fourth-order valence-corrected chi connectivity index (χ4v) is 2.92. The van der Waals surface area contributed by atoms with E-state index in [1.54, 1.807) is 6.20 Å². The van der Waals surface area contributed by atoms with Crippen molar-refractivity contribution in [1.29, 1.82) is 5.41 Å². The van der Waals surface area contributed by atoms with Gasteiger partial charge in [0.15, 0.2) is 17.1 Å². The molecule has 3 rings (SSSR count). The number of aldehydes is 1. The number of anilines is 1. The van der Waals surface area contributed by atoms with Crippen molar-refractivity contribution in [3.63, 3.8) is 0 Å². The van der Waals surface area contributed by atoms with Gasteiger partial charge in [0, 0.05) is 24.6 Å².